The smallest absolute Gasteiger partial charge is 0.179 e. The van der Waals surface area contributed by atoms with Gasteiger partial charge in [0, 0.05) is 16.7 Å². The van der Waals surface area contributed by atoms with Crippen LogP contribution in [0.3, 0.4) is 0 Å². The number of H-pyrrole nitrogens is 1. The second kappa shape index (κ2) is 3.67. The van der Waals surface area contributed by atoms with E-state index in [4.69, 9.17) is 12.2 Å². The summed E-state index contributed by atoms with van der Waals surface area (Å²) >= 11 is 8.78. The fourth-order valence-corrected chi connectivity index (χ4v) is 2.95. The minimum atomic E-state index is 0.555. The largest absolute Gasteiger partial charge is 0.329 e. The lowest BCUT2D eigenvalue weighted by Crippen LogP contribution is -1.97. The first-order valence-corrected chi connectivity index (χ1v) is 6.66. The number of rotatable bonds is 2. The molecule has 0 radical (unpaired) electrons. The van der Waals surface area contributed by atoms with Crippen molar-refractivity contribution in [3.8, 4) is 0 Å². The lowest BCUT2D eigenvalue weighted by Gasteiger charge is -2.01. The number of halogens is 1. The van der Waals surface area contributed by atoms with Crippen LogP contribution in [0.4, 0.5) is 0 Å². The first-order chi connectivity index (χ1) is 7.70. The van der Waals surface area contributed by atoms with Gasteiger partial charge in [-0.2, -0.15) is 0 Å². The van der Waals surface area contributed by atoms with Gasteiger partial charge in [-0.3, -0.25) is 4.57 Å². The van der Waals surface area contributed by atoms with E-state index >= 15 is 0 Å². The number of pyridine rings is 1. The van der Waals surface area contributed by atoms with Crippen molar-refractivity contribution in [2.45, 2.75) is 25.8 Å². The predicted octanol–water partition coefficient (Wildman–Crippen LogP) is 3.83. The summed E-state index contributed by atoms with van der Waals surface area (Å²) in [5.74, 6) is 0.774. The summed E-state index contributed by atoms with van der Waals surface area (Å²) in [5.41, 5.74) is 2.00. The Morgan fingerprint density at radius 1 is 1.69 bits per heavy atom. The Morgan fingerprint density at radius 3 is 3.19 bits per heavy atom. The van der Waals surface area contributed by atoms with Crippen LogP contribution >= 0.6 is 28.1 Å². The molecule has 0 bridgehead atoms. The monoisotopic (exact) mass is 297 g/mol. The van der Waals surface area contributed by atoms with E-state index in [2.05, 4.69) is 37.4 Å². The van der Waals surface area contributed by atoms with Crippen LogP contribution in [0.5, 0.6) is 0 Å². The number of fused-ring (bicyclic) bond motifs is 1. The van der Waals surface area contributed by atoms with E-state index in [-0.39, 0.29) is 0 Å². The fraction of sp³-hybridized carbons (Fsp3) is 0.455. The maximum Gasteiger partial charge on any atom is 0.179 e. The molecule has 1 fully saturated rings. The molecule has 0 saturated heterocycles. The van der Waals surface area contributed by atoms with Crippen LogP contribution in [-0.4, -0.2) is 14.5 Å². The summed E-state index contributed by atoms with van der Waals surface area (Å²) in [5, 5.41) is 0. The average Bonchev–Trinajstić information content (AvgIpc) is 2.94. The van der Waals surface area contributed by atoms with Gasteiger partial charge in [0.1, 0.15) is 0 Å². The van der Waals surface area contributed by atoms with Crippen molar-refractivity contribution < 1.29 is 0 Å². The summed E-state index contributed by atoms with van der Waals surface area (Å²) in [6, 6.07) is 2.58. The first-order valence-electron chi connectivity index (χ1n) is 5.46. The van der Waals surface area contributed by atoms with Crippen molar-refractivity contribution in [3.05, 3.63) is 21.5 Å². The van der Waals surface area contributed by atoms with Crippen molar-refractivity contribution in [2.24, 2.45) is 5.92 Å². The van der Waals surface area contributed by atoms with Crippen LogP contribution in [0.1, 0.15) is 25.8 Å². The van der Waals surface area contributed by atoms with Crippen LogP contribution < -0.4 is 0 Å². The molecule has 2 aromatic rings. The number of nitrogens with zero attached hydrogens (tertiary/aromatic N) is 2. The van der Waals surface area contributed by atoms with Gasteiger partial charge in [0.25, 0.3) is 0 Å². The molecular formula is C11H12BrN3S. The Morgan fingerprint density at radius 2 is 2.50 bits per heavy atom. The number of nitrogens with one attached hydrogen (secondary N) is 1. The van der Waals surface area contributed by atoms with Gasteiger partial charge in [-0.1, -0.05) is 13.3 Å². The van der Waals surface area contributed by atoms with Crippen molar-refractivity contribution in [1.82, 2.24) is 14.5 Å². The van der Waals surface area contributed by atoms with E-state index in [1.165, 1.54) is 12.8 Å². The minimum absolute atomic E-state index is 0.555. The maximum absolute atomic E-state index is 5.37. The summed E-state index contributed by atoms with van der Waals surface area (Å²) in [6.45, 7) is 2.23. The van der Waals surface area contributed by atoms with Gasteiger partial charge in [0.05, 0.1) is 5.52 Å². The highest BCUT2D eigenvalue weighted by molar-refractivity contribution is 9.10. The van der Waals surface area contributed by atoms with Crippen LogP contribution in [0, 0.1) is 10.7 Å². The maximum atomic E-state index is 5.37. The zero-order chi connectivity index (χ0) is 11.3. The molecule has 2 atom stereocenters. The number of imidazole rings is 1. The minimum Gasteiger partial charge on any atom is -0.329 e. The first kappa shape index (κ1) is 10.5. The Kier molecular flexibility index (Phi) is 2.40. The molecule has 2 unspecified atom stereocenters. The van der Waals surface area contributed by atoms with E-state index in [0.29, 0.717) is 6.04 Å². The summed E-state index contributed by atoms with van der Waals surface area (Å²) in [6.07, 6.45) is 4.27. The lowest BCUT2D eigenvalue weighted by molar-refractivity contribution is 0.644. The quantitative estimate of drug-likeness (QED) is 0.855. The zero-order valence-electron chi connectivity index (χ0n) is 8.90. The molecule has 3 rings (SSSR count). The molecular weight excluding hydrogens is 286 g/mol. The zero-order valence-corrected chi connectivity index (χ0v) is 11.3. The molecule has 1 aliphatic carbocycles. The van der Waals surface area contributed by atoms with Crippen LogP contribution in [0.2, 0.25) is 0 Å². The summed E-state index contributed by atoms with van der Waals surface area (Å²) in [4.78, 5) is 7.67. The summed E-state index contributed by atoms with van der Waals surface area (Å²) in [7, 11) is 0. The van der Waals surface area contributed by atoms with Gasteiger partial charge in [-0.15, -0.1) is 0 Å². The number of hydrogen-bond acceptors (Lipinski definition) is 2. The number of hydrogen-bond donors (Lipinski definition) is 1. The third kappa shape index (κ3) is 1.53. The molecule has 1 saturated carbocycles. The Balaban J connectivity index is 2.17. The van der Waals surface area contributed by atoms with Gasteiger partial charge >= 0.3 is 0 Å². The van der Waals surface area contributed by atoms with Crippen LogP contribution in [-0.2, 0) is 0 Å². The Hall–Kier alpha value is -0.680. The predicted molar refractivity (Wildman–Crippen MR) is 70.1 cm³/mol. The van der Waals surface area contributed by atoms with E-state index in [0.717, 1.165) is 26.3 Å². The molecule has 0 amide bonds. The van der Waals surface area contributed by atoms with Crippen molar-refractivity contribution >= 4 is 39.3 Å². The normalized spacial score (nSPS) is 23.9. The third-order valence-electron chi connectivity index (χ3n) is 3.26. The van der Waals surface area contributed by atoms with Gasteiger partial charge in [0.15, 0.2) is 10.4 Å². The molecule has 1 N–H and O–H groups in total. The highest BCUT2D eigenvalue weighted by Gasteiger charge is 2.38. The molecule has 2 heterocycles. The van der Waals surface area contributed by atoms with E-state index < -0.39 is 0 Å². The summed E-state index contributed by atoms with van der Waals surface area (Å²) < 4.78 is 3.94. The SMILES string of the molecule is CCC1CC1n1c(=S)[nH]c2cc(Br)cnc21. The average molecular weight is 298 g/mol. The second-order valence-corrected chi connectivity index (χ2v) is 5.60. The third-order valence-corrected chi connectivity index (χ3v) is 4.00. The van der Waals surface area contributed by atoms with Crippen molar-refractivity contribution in [1.29, 1.82) is 0 Å². The highest BCUT2D eigenvalue weighted by Crippen LogP contribution is 2.46. The molecule has 0 aliphatic heterocycles. The second-order valence-electron chi connectivity index (χ2n) is 4.30. The van der Waals surface area contributed by atoms with Crippen molar-refractivity contribution in [3.63, 3.8) is 0 Å². The van der Waals surface area contributed by atoms with Crippen LogP contribution in [0.15, 0.2) is 16.7 Å². The van der Waals surface area contributed by atoms with Gasteiger partial charge < -0.3 is 4.98 Å². The lowest BCUT2D eigenvalue weighted by atomic mass is 10.3. The van der Waals surface area contributed by atoms with E-state index in [1.807, 2.05) is 12.3 Å². The molecule has 16 heavy (non-hydrogen) atoms. The fourth-order valence-electron chi connectivity index (χ4n) is 2.28. The standard InChI is InChI=1S/C11H12BrN3S/c1-2-6-3-9(6)15-10-8(14-11(15)16)4-7(12)5-13-10/h4-6,9H,2-3H2,1H3,(H,14,16). The van der Waals surface area contributed by atoms with Crippen LogP contribution in [0.25, 0.3) is 11.2 Å². The van der Waals surface area contributed by atoms with E-state index in [1.54, 1.807) is 0 Å². The molecule has 5 heteroatoms. The molecule has 2 aromatic heterocycles. The molecule has 0 spiro atoms. The Labute approximate surface area is 107 Å². The van der Waals surface area contributed by atoms with Gasteiger partial charge in [-0.05, 0) is 46.6 Å². The topological polar surface area (TPSA) is 33.6 Å². The number of aromatic amines is 1. The van der Waals surface area contributed by atoms with Gasteiger partial charge in [0.2, 0.25) is 0 Å². The molecule has 84 valence electrons. The molecule has 1 aliphatic rings. The van der Waals surface area contributed by atoms with Gasteiger partial charge in [-0.25, -0.2) is 4.98 Å². The van der Waals surface area contributed by atoms with Crippen molar-refractivity contribution in [2.75, 3.05) is 0 Å². The highest BCUT2D eigenvalue weighted by atomic mass is 79.9. The molecule has 0 aromatic carbocycles. The molecule has 3 nitrogen and oxygen atoms in total. The number of aromatic nitrogens is 3. The Bertz CT molecular complexity index is 601. The van der Waals surface area contributed by atoms with E-state index in [9.17, 15) is 0 Å².